The van der Waals surface area contributed by atoms with Gasteiger partial charge in [0.1, 0.15) is 16.5 Å². The Balaban J connectivity index is 2.01. The summed E-state index contributed by atoms with van der Waals surface area (Å²) in [7, 11) is 1.94. The summed E-state index contributed by atoms with van der Waals surface area (Å²) in [5, 5.41) is 0.591. The summed E-state index contributed by atoms with van der Waals surface area (Å²) in [6, 6.07) is 9.80. The van der Waals surface area contributed by atoms with E-state index in [-0.39, 0.29) is 5.96 Å². The van der Waals surface area contributed by atoms with E-state index in [0.717, 1.165) is 20.9 Å². The highest BCUT2D eigenvalue weighted by Gasteiger charge is 2.38. The third kappa shape index (κ3) is 3.97. The van der Waals surface area contributed by atoms with E-state index >= 15 is 0 Å². The maximum atomic E-state index is 12.4. The Labute approximate surface area is 170 Å². The van der Waals surface area contributed by atoms with Gasteiger partial charge < -0.3 is 16.2 Å². The third-order valence-corrected chi connectivity index (χ3v) is 7.74. The minimum absolute atomic E-state index is 0.246. The summed E-state index contributed by atoms with van der Waals surface area (Å²) in [5.74, 6) is 0.912. The van der Waals surface area contributed by atoms with E-state index in [9.17, 15) is 4.21 Å². The molecular weight excluding hydrogens is 404 g/mol. The minimum atomic E-state index is -1.25. The molecule has 1 aliphatic rings. The van der Waals surface area contributed by atoms with Gasteiger partial charge in [-0.25, -0.2) is 9.20 Å². The number of ether oxygens (including phenoxy) is 1. The van der Waals surface area contributed by atoms with Crippen LogP contribution in [-0.4, -0.2) is 34.4 Å². The molecule has 2 aromatic rings. The van der Waals surface area contributed by atoms with Gasteiger partial charge in [0.15, 0.2) is 5.88 Å². The molecule has 6 nitrogen and oxygen atoms in total. The molecule has 0 radical (unpaired) electrons. The minimum Gasteiger partial charge on any atom is -0.483 e. The van der Waals surface area contributed by atoms with Crippen LogP contribution >= 0.6 is 22.9 Å². The number of benzene rings is 1. The smallest absolute Gasteiger partial charge is 0.204 e. The van der Waals surface area contributed by atoms with Gasteiger partial charge in [0.2, 0.25) is 5.96 Å². The second-order valence-corrected chi connectivity index (χ2v) is 9.31. The number of nitrogens with zero attached hydrogens (tertiary/aromatic N) is 2. The largest absolute Gasteiger partial charge is 0.483 e. The molecule has 2 atom stereocenters. The van der Waals surface area contributed by atoms with Crippen molar-refractivity contribution in [1.82, 2.24) is 4.31 Å². The molecule has 0 amide bonds. The molecule has 3 rings (SSSR count). The van der Waals surface area contributed by atoms with Gasteiger partial charge in [-0.15, -0.1) is 11.3 Å². The van der Waals surface area contributed by atoms with Crippen molar-refractivity contribution in [2.45, 2.75) is 12.5 Å². The van der Waals surface area contributed by atoms with Crippen LogP contribution in [0.2, 0.25) is 5.02 Å². The van der Waals surface area contributed by atoms with Crippen LogP contribution in [0.3, 0.4) is 0 Å². The molecule has 0 aliphatic carbocycles. The number of aliphatic imine (C=N–C) groups is 1. The number of methoxy groups -OCH3 is 1. The van der Waals surface area contributed by atoms with E-state index in [4.69, 9.17) is 27.8 Å². The Morgan fingerprint density at radius 3 is 2.89 bits per heavy atom. The lowest BCUT2D eigenvalue weighted by Crippen LogP contribution is -2.47. The van der Waals surface area contributed by atoms with Crippen LogP contribution < -0.4 is 11.5 Å². The predicted octanol–water partition coefficient (Wildman–Crippen LogP) is 3.11. The average molecular weight is 425 g/mol. The van der Waals surface area contributed by atoms with E-state index in [2.05, 4.69) is 4.99 Å². The van der Waals surface area contributed by atoms with Gasteiger partial charge in [-0.1, -0.05) is 29.8 Å². The predicted molar refractivity (Wildman–Crippen MR) is 114 cm³/mol. The summed E-state index contributed by atoms with van der Waals surface area (Å²) in [6.07, 6.45) is 1.76. The molecular formula is C18H21ClN4O2S2. The van der Waals surface area contributed by atoms with Crippen LogP contribution in [0.25, 0.3) is 16.5 Å². The molecule has 0 fully saturated rings. The molecule has 0 bridgehead atoms. The number of guanidine groups is 1. The van der Waals surface area contributed by atoms with Crippen LogP contribution in [0.15, 0.2) is 41.2 Å². The Bertz CT molecular complexity index is 957. The molecule has 27 heavy (non-hydrogen) atoms. The van der Waals surface area contributed by atoms with Crippen LogP contribution in [0.5, 0.6) is 0 Å². The Hall–Kier alpha value is -2.03. The first-order chi connectivity index (χ1) is 12.7. The fourth-order valence-corrected chi connectivity index (χ4v) is 5.65. The van der Waals surface area contributed by atoms with Crippen LogP contribution in [0, 0.1) is 0 Å². The second kappa shape index (κ2) is 7.53. The number of halogens is 1. The molecule has 1 aliphatic heterocycles. The lowest BCUT2D eigenvalue weighted by molar-refractivity contribution is 0.291. The summed E-state index contributed by atoms with van der Waals surface area (Å²) in [4.78, 5) is 6.40. The number of thiophene rings is 1. The van der Waals surface area contributed by atoms with Crippen LogP contribution in [-0.2, 0) is 21.3 Å². The highest BCUT2D eigenvalue weighted by Crippen LogP contribution is 2.43. The van der Waals surface area contributed by atoms with Crippen molar-refractivity contribution in [3.8, 4) is 10.4 Å². The van der Waals surface area contributed by atoms with Crippen molar-refractivity contribution in [1.29, 1.82) is 0 Å². The van der Waals surface area contributed by atoms with E-state index in [0.29, 0.717) is 16.7 Å². The SMILES string of the molecule is CO/C(N)=C/c1cccc(-c2cc(Cl)c([C@]3(C)CS(=O)N(C)C(N)=N3)s2)c1. The van der Waals surface area contributed by atoms with E-state index in [1.165, 1.54) is 22.8 Å². The monoisotopic (exact) mass is 424 g/mol. The first-order valence-corrected chi connectivity index (χ1v) is 10.6. The van der Waals surface area contributed by atoms with Crippen molar-refractivity contribution < 1.29 is 8.95 Å². The van der Waals surface area contributed by atoms with Gasteiger partial charge >= 0.3 is 0 Å². The molecule has 1 aromatic heterocycles. The quantitative estimate of drug-likeness (QED) is 0.737. The maximum Gasteiger partial charge on any atom is 0.204 e. The zero-order chi connectivity index (χ0) is 19.8. The normalized spacial score (nSPS) is 23.3. The molecule has 1 aromatic carbocycles. The van der Waals surface area contributed by atoms with Gasteiger partial charge in [0.05, 0.1) is 22.8 Å². The van der Waals surface area contributed by atoms with E-state index in [1.807, 2.05) is 37.3 Å². The number of rotatable bonds is 4. The average Bonchev–Trinajstić information content (AvgIpc) is 3.02. The molecule has 0 saturated heterocycles. The number of hydrogen-bond donors (Lipinski definition) is 2. The standard InChI is InChI=1S/C18H21ClN4O2S2/c1-18(10-27(24)23(2)17(21)22-18)16-13(19)9-14(26-16)12-6-4-5-11(7-12)8-15(20)25-3/h4-9H,10,20H2,1-3H3,(H2,21,22)/b15-8+/t18-,27?/m0/s1. The van der Waals surface area contributed by atoms with Gasteiger partial charge in [-0.2, -0.15) is 0 Å². The molecule has 0 saturated carbocycles. The fraction of sp³-hybridized carbons (Fsp3) is 0.278. The number of hydrogen-bond acceptors (Lipinski definition) is 6. The Morgan fingerprint density at radius 1 is 1.48 bits per heavy atom. The lowest BCUT2D eigenvalue weighted by Gasteiger charge is -2.33. The third-order valence-electron chi connectivity index (χ3n) is 4.29. The van der Waals surface area contributed by atoms with Gasteiger partial charge in [0.25, 0.3) is 0 Å². The first-order valence-electron chi connectivity index (χ1n) is 8.12. The summed E-state index contributed by atoms with van der Waals surface area (Å²) in [6.45, 7) is 1.91. The molecule has 2 heterocycles. The maximum absolute atomic E-state index is 12.4. The molecule has 1 unspecified atom stereocenters. The van der Waals surface area contributed by atoms with Crippen molar-refractivity contribution >= 4 is 46.0 Å². The second-order valence-electron chi connectivity index (χ2n) is 6.37. The number of nitrogens with two attached hydrogens (primary N) is 2. The van der Waals surface area contributed by atoms with Crippen LogP contribution in [0.4, 0.5) is 0 Å². The Kier molecular flexibility index (Phi) is 5.50. The molecule has 144 valence electrons. The summed E-state index contributed by atoms with van der Waals surface area (Å²) >= 11 is 8.06. The molecule has 0 spiro atoms. The zero-order valence-corrected chi connectivity index (χ0v) is 17.6. The highest BCUT2D eigenvalue weighted by molar-refractivity contribution is 7.83. The van der Waals surface area contributed by atoms with Crippen molar-refractivity contribution in [3.63, 3.8) is 0 Å². The Morgan fingerprint density at radius 2 is 2.22 bits per heavy atom. The topological polar surface area (TPSA) is 93.9 Å². The van der Waals surface area contributed by atoms with Crippen LogP contribution in [0.1, 0.15) is 17.4 Å². The summed E-state index contributed by atoms with van der Waals surface area (Å²) < 4.78 is 18.8. The van der Waals surface area contributed by atoms with Gasteiger partial charge in [-0.05, 0) is 30.2 Å². The lowest BCUT2D eigenvalue weighted by atomic mass is 10.0. The zero-order valence-electron chi connectivity index (χ0n) is 15.2. The van der Waals surface area contributed by atoms with Gasteiger partial charge in [0, 0.05) is 18.0 Å². The van der Waals surface area contributed by atoms with E-state index in [1.54, 1.807) is 13.1 Å². The molecule has 9 heteroatoms. The summed E-state index contributed by atoms with van der Waals surface area (Å²) in [5.41, 5.74) is 12.9. The van der Waals surface area contributed by atoms with Crippen molar-refractivity contribution in [2.75, 3.05) is 19.9 Å². The highest BCUT2D eigenvalue weighted by atomic mass is 35.5. The molecule has 4 N–H and O–H groups in total. The van der Waals surface area contributed by atoms with Gasteiger partial charge in [-0.3, -0.25) is 4.31 Å². The van der Waals surface area contributed by atoms with Crippen molar-refractivity contribution in [3.05, 3.63) is 51.7 Å². The van der Waals surface area contributed by atoms with E-state index < -0.39 is 16.5 Å². The fourth-order valence-electron chi connectivity index (χ4n) is 2.80. The first kappa shape index (κ1) is 19.7. The van der Waals surface area contributed by atoms with Crippen molar-refractivity contribution in [2.24, 2.45) is 16.5 Å².